The van der Waals surface area contributed by atoms with Gasteiger partial charge in [0.25, 0.3) is 0 Å². The highest BCUT2D eigenvalue weighted by Gasteiger charge is 2.24. The second-order valence-corrected chi connectivity index (χ2v) is 6.95. The van der Waals surface area contributed by atoms with Gasteiger partial charge in [0.2, 0.25) is 5.95 Å². The molecule has 0 amide bonds. The van der Waals surface area contributed by atoms with Gasteiger partial charge in [-0.1, -0.05) is 0 Å². The van der Waals surface area contributed by atoms with Gasteiger partial charge >= 0.3 is 0 Å². The van der Waals surface area contributed by atoms with Crippen molar-refractivity contribution in [2.24, 2.45) is 0 Å². The maximum atomic E-state index is 5.74. The first kappa shape index (κ1) is 16.5. The molecule has 128 valence electrons. The molecular formula is C17H29N5O. The number of hydrogen-bond acceptors (Lipinski definition) is 6. The van der Waals surface area contributed by atoms with Gasteiger partial charge in [-0.2, -0.15) is 4.98 Å². The lowest BCUT2D eigenvalue weighted by molar-refractivity contribution is 0.0654. The fourth-order valence-electron chi connectivity index (χ4n) is 3.47. The summed E-state index contributed by atoms with van der Waals surface area (Å²) >= 11 is 0. The predicted molar refractivity (Wildman–Crippen MR) is 93.2 cm³/mol. The van der Waals surface area contributed by atoms with Crippen LogP contribution in [0.2, 0.25) is 0 Å². The summed E-state index contributed by atoms with van der Waals surface area (Å²) in [7, 11) is 4.03. The van der Waals surface area contributed by atoms with Crippen LogP contribution < -0.4 is 10.2 Å². The lowest BCUT2D eigenvalue weighted by Gasteiger charge is -2.33. The van der Waals surface area contributed by atoms with Crippen molar-refractivity contribution in [1.29, 1.82) is 0 Å². The van der Waals surface area contributed by atoms with Gasteiger partial charge in [0, 0.05) is 58.1 Å². The molecule has 1 atom stereocenters. The van der Waals surface area contributed by atoms with Crippen LogP contribution in [0.1, 0.15) is 31.2 Å². The molecular weight excluding hydrogens is 290 g/mol. The van der Waals surface area contributed by atoms with Gasteiger partial charge in [0.15, 0.2) is 0 Å². The normalized spacial score (nSPS) is 23.2. The van der Waals surface area contributed by atoms with Gasteiger partial charge in [-0.05, 0) is 32.6 Å². The van der Waals surface area contributed by atoms with Crippen molar-refractivity contribution >= 4 is 11.8 Å². The molecule has 0 aliphatic carbocycles. The standard InChI is InChI=1S/C17H29N5O/c1-13-11-18-17(20-16(13)21(2)3)19-14-6-8-22(9-7-14)12-15-5-4-10-23-15/h11,14-15H,4-10,12H2,1-3H3,(H,18,19,20). The van der Waals surface area contributed by atoms with E-state index in [4.69, 9.17) is 4.74 Å². The first-order chi connectivity index (χ1) is 11.1. The second-order valence-electron chi connectivity index (χ2n) is 6.95. The van der Waals surface area contributed by atoms with E-state index >= 15 is 0 Å². The van der Waals surface area contributed by atoms with Crippen LogP contribution in [0.25, 0.3) is 0 Å². The minimum atomic E-state index is 0.461. The van der Waals surface area contributed by atoms with E-state index in [2.05, 4.69) is 20.2 Å². The maximum absolute atomic E-state index is 5.74. The summed E-state index contributed by atoms with van der Waals surface area (Å²) in [5, 5.41) is 3.51. The highest BCUT2D eigenvalue weighted by molar-refractivity contribution is 5.47. The Morgan fingerprint density at radius 2 is 2.09 bits per heavy atom. The smallest absolute Gasteiger partial charge is 0.224 e. The lowest BCUT2D eigenvalue weighted by Crippen LogP contribution is -2.42. The summed E-state index contributed by atoms with van der Waals surface area (Å²) < 4.78 is 5.74. The van der Waals surface area contributed by atoms with Gasteiger partial charge < -0.3 is 19.9 Å². The number of hydrogen-bond donors (Lipinski definition) is 1. The molecule has 0 radical (unpaired) electrons. The highest BCUT2D eigenvalue weighted by atomic mass is 16.5. The van der Waals surface area contributed by atoms with E-state index in [-0.39, 0.29) is 0 Å². The van der Waals surface area contributed by atoms with Crippen LogP contribution in [0.5, 0.6) is 0 Å². The summed E-state index contributed by atoms with van der Waals surface area (Å²) in [6, 6.07) is 0.466. The molecule has 2 aliphatic heterocycles. The molecule has 1 aromatic heterocycles. The van der Waals surface area contributed by atoms with Crippen LogP contribution in [0.4, 0.5) is 11.8 Å². The van der Waals surface area contributed by atoms with Crippen molar-refractivity contribution in [2.45, 2.75) is 44.8 Å². The molecule has 0 saturated carbocycles. The van der Waals surface area contributed by atoms with E-state index < -0.39 is 0 Å². The Labute approximate surface area is 139 Å². The number of nitrogens with zero attached hydrogens (tertiary/aromatic N) is 4. The number of likely N-dealkylation sites (tertiary alicyclic amines) is 1. The third-order valence-electron chi connectivity index (χ3n) is 4.78. The van der Waals surface area contributed by atoms with Crippen LogP contribution in [0.3, 0.4) is 0 Å². The number of piperidine rings is 1. The largest absolute Gasteiger partial charge is 0.377 e. The van der Waals surface area contributed by atoms with Crippen molar-refractivity contribution in [1.82, 2.24) is 14.9 Å². The predicted octanol–water partition coefficient (Wildman–Crippen LogP) is 1.91. The zero-order chi connectivity index (χ0) is 16.2. The van der Waals surface area contributed by atoms with E-state index in [0.717, 1.165) is 56.4 Å². The lowest BCUT2D eigenvalue weighted by atomic mass is 10.0. The monoisotopic (exact) mass is 319 g/mol. The molecule has 3 heterocycles. The Balaban J connectivity index is 1.49. The maximum Gasteiger partial charge on any atom is 0.224 e. The minimum Gasteiger partial charge on any atom is -0.377 e. The molecule has 1 N–H and O–H groups in total. The summed E-state index contributed by atoms with van der Waals surface area (Å²) in [6.45, 7) is 6.34. The molecule has 0 bridgehead atoms. The quantitative estimate of drug-likeness (QED) is 0.895. The molecule has 0 spiro atoms. The fraction of sp³-hybridized carbons (Fsp3) is 0.765. The van der Waals surface area contributed by atoms with Crippen LogP contribution in [-0.2, 0) is 4.74 Å². The number of rotatable bonds is 5. The van der Waals surface area contributed by atoms with Crippen molar-refractivity contribution in [3.05, 3.63) is 11.8 Å². The topological polar surface area (TPSA) is 53.5 Å². The number of aromatic nitrogens is 2. The zero-order valence-electron chi connectivity index (χ0n) is 14.6. The summed E-state index contributed by atoms with van der Waals surface area (Å²) in [4.78, 5) is 13.6. The number of anilines is 2. The fourth-order valence-corrected chi connectivity index (χ4v) is 3.47. The molecule has 1 unspecified atom stereocenters. The van der Waals surface area contributed by atoms with Crippen LogP contribution in [0.15, 0.2) is 6.20 Å². The molecule has 0 aromatic carbocycles. The average Bonchev–Trinajstić information content (AvgIpc) is 3.04. The van der Waals surface area contributed by atoms with Gasteiger partial charge in [0.05, 0.1) is 6.10 Å². The van der Waals surface area contributed by atoms with Crippen molar-refractivity contribution in [2.75, 3.05) is 50.6 Å². The van der Waals surface area contributed by atoms with Crippen LogP contribution >= 0.6 is 0 Å². The van der Waals surface area contributed by atoms with Crippen LogP contribution in [-0.4, -0.2) is 67.4 Å². The summed E-state index contributed by atoms with van der Waals surface area (Å²) in [6.07, 6.45) is 7.09. The molecule has 2 fully saturated rings. The Kier molecular flexibility index (Phi) is 5.33. The van der Waals surface area contributed by atoms with E-state index in [1.165, 1.54) is 12.8 Å². The molecule has 1 aromatic rings. The number of nitrogens with one attached hydrogen (secondary N) is 1. The molecule has 23 heavy (non-hydrogen) atoms. The first-order valence-corrected chi connectivity index (χ1v) is 8.73. The molecule has 3 rings (SSSR count). The van der Waals surface area contributed by atoms with Gasteiger partial charge in [0.1, 0.15) is 5.82 Å². The first-order valence-electron chi connectivity index (χ1n) is 8.73. The van der Waals surface area contributed by atoms with Crippen molar-refractivity contribution in [3.8, 4) is 0 Å². The molecule has 2 aliphatic rings. The number of ether oxygens (including phenoxy) is 1. The second kappa shape index (κ2) is 7.45. The van der Waals surface area contributed by atoms with Crippen LogP contribution in [0, 0.1) is 6.92 Å². The SMILES string of the molecule is Cc1cnc(NC2CCN(CC3CCCO3)CC2)nc1N(C)C. The van der Waals surface area contributed by atoms with E-state index in [9.17, 15) is 0 Å². The zero-order valence-corrected chi connectivity index (χ0v) is 14.6. The highest BCUT2D eigenvalue weighted by Crippen LogP contribution is 2.20. The molecule has 6 heteroatoms. The summed E-state index contributed by atoms with van der Waals surface area (Å²) in [5.74, 6) is 1.73. The Morgan fingerprint density at radius 3 is 2.74 bits per heavy atom. The van der Waals surface area contributed by atoms with Gasteiger partial charge in [-0.3, -0.25) is 0 Å². The Hall–Kier alpha value is -1.40. The van der Waals surface area contributed by atoms with Gasteiger partial charge in [-0.15, -0.1) is 0 Å². The minimum absolute atomic E-state index is 0.461. The van der Waals surface area contributed by atoms with Gasteiger partial charge in [-0.25, -0.2) is 4.98 Å². The Bertz CT molecular complexity index is 508. The molecule has 6 nitrogen and oxygen atoms in total. The average molecular weight is 319 g/mol. The van der Waals surface area contributed by atoms with Crippen molar-refractivity contribution < 1.29 is 4.74 Å². The van der Waals surface area contributed by atoms with E-state index in [0.29, 0.717) is 12.1 Å². The Morgan fingerprint density at radius 1 is 1.30 bits per heavy atom. The number of aryl methyl sites for hydroxylation is 1. The summed E-state index contributed by atoms with van der Waals surface area (Å²) in [5.41, 5.74) is 1.10. The molecule has 2 saturated heterocycles. The van der Waals surface area contributed by atoms with E-state index in [1.54, 1.807) is 0 Å². The third kappa shape index (κ3) is 4.32. The van der Waals surface area contributed by atoms with E-state index in [1.807, 2.05) is 32.1 Å². The third-order valence-corrected chi connectivity index (χ3v) is 4.78. The van der Waals surface area contributed by atoms with Crippen molar-refractivity contribution in [3.63, 3.8) is 0 Å².